The molecule has 0 fully saturated rings. The van der Waals surface area contributed by atoms with Crippen LogP contribution >= 0.6 is 0 Å². The van der Waals surface area contributed by atoms with Crippen LogP contribution in [0.2, 0.25) is 0 Å². The van der Waals surface area contributed by atoms with Crippen LogP contribution in [-0.4, -0.2) is 47.9 Å². The molecule has 0 rings (SSSR count). The van der Waals surface area contributed by atoms with Crippen LogP contribution < -0.4 is 5.32 Å². The predicted octanol–water partition coefficient (Wildman–Crippen LogP) is 0.246. The maximum atomic E-state index is 11.8. The zero-order valence-corrected chi connectivity index (χ0v) is 11.1. The van der Waals surface area contributed by atoms with Crippen LogP contribution in [-0.2, 0) is 14.4 Å². The molecule has 0 aromatic carbocycles. The molecule has 1 atom stereocenters. The van der Waals surface area contributed by atoms with E-state index in [1.54, 1.807) is 14.1 Å². The molecule has 18 heavy (non-hydrogen) atoms. The molecule has 0 saturated heterocycles. The van der Waals surface area contributed by atoms with E-state index >= 15 is 0 Å². The molecule has 6 heteroatoms. The molecule has 0 heterocycles. The molecular formula is C12H20N2O4. The van der Waals surface area contributed by atoms with E-state index < -0.39 is 17.9 Å². The molecule has 0 aromatic rings. The number of nitrogens with zero attached hydrogens (tertiary/aromatic N) is 1. The molecule has 0 aliphatic heterocycles. The van der Waals surface area contributed by atoms with Crippen LogP contribution in [0, 0.1) is 5.92 Å². The number of carboxylic acids is 1. The Morgan fingerprint density at radius 3 is 2.17 bits per heavy atom. The van der Waals surface area contributed by atoms with Gasteiger partial charge in [-0.05, 0) is 12.3 Å². The fourth-order valence-corrected chi connectivity index (χ4v) is 1.37. The van der Waals surface area contributed by atoms with E-state index in [2.05, 4.69) is 5.32 Å². The normalized spacial score (nSPS) is 12.5. The van der Waals surface area contributed by atoms with Crippen molar-refractivity contribution in [2.75, 3.05) is 14.1 Å². The molecule has 102 valence electrons. The minimum Gasteiger partial charge on any atom is -0.478 e. The summed E-state index contributed by atoms with van der Waals surface area (Å²) < 4.78 is 0. The summed E-state index contributed by atoms with van der Waals surface area (Å²) in [6, 6.07) is -0.633. The highest BCUT2D eigenvalue weighted by molar-refractivity contribution is 5.96. The molecule has 0 aliphatic rings. The van der Waals surface area contributed by atoms with Gasteiger partial charge in [0, 0.05) is 26.2 Å². The molecule has 2 N–H and O–H groups in total. The SMILES string of the molecule is CC(C)CC(NC(=O)/C=C/C(=O)O)C(=O)N(C)C. The van der Waals surface area contributed by atoms with E-state index in [0.29, 0.717) is 6.42 Å². The number of carbonyl (C=O) groups excluding carboxylic acids is 2. The van der Waals surface area contributed by atoms with Crippen LogP contribution in [0.1, 0.15) is 20.3 Å². The molecule has 0 bridgehead atoms. The standard InChI is InChI=1S/C12H20N2O4/c1-8(2)7-9(12(18)14(3)4)13-10(15)5-6-11(16)17/h5-6,8-9H,7H2,1-4H3,(H,13,15)(H,16,17)/b6-5+. The molecule has 0 spiro atoms. The summed E-state index contributed by atoms with van der Waals surface area (Å²) in [6.45, 7) is 3.88. The molecule has 0 saturated carbocycles. The van der Waals surface area contributed by atoms with E-state index in [-0.39, 0.29) is 11.8 Å². The fraction of sp³-hybridized carbons (Fsp3) is 0.583. The Morgan fingerprint density at radius 2 is 1.78 bits per heavy atom. The number of carboxylic acid groups (broad SMARTS) is 1. The maximum absolute atomic E-state index is 11.8. The van der Waals surface area contributed by atoms with Crippen molar-refractivity contribution in [2.24, 2.45) is 5.92 Å². The number of nitrogens with one attached hydrogen (secondary N) is 1. The van der Waals surface area contributed by atoms with Gasteiger partial charge < -0.3 is 15.3 Å². The minimum atomic E-state index is -1.20. The highest BCUT2D eigenvalue weighted by Crippen LogP contribution is 2.06. The quantitative estimate of drug-likeness (QED) is 0.667. The van der Waals surface area contributed by atoms with Crippen molar-refractivity contribution >= 4 is 17.8 Å². The smallest absolute Gasteiger partial charge is 0.328 e. The summed E-state index contributed by atoms with van der Waals surface area (Å²) in [5.41, 5.74) is 0. The van der Waals surface area contributed by atoms with E-state index in [4.69, 9.17) is 5.11 Å². The zero-order valence-electron chi connectivity index (χ0n) is 11.1. The van der Waals surface area contributed by atoms with Gasteiger partial charge in [0.25, 0.3) is 0 Å². The summed E-state index contributed by atoms with van der Waals surface area (Å²) in [6.07, 6.45) is 2.14. The number of aliphatic carboxylic acids is 1. The van der Waals surface area contributed by atoms with Crippen LogP contribution in [0.15, 0.2) is 12.2 Å². The molecule has 2 amide bonds. The van der Waals surface area contributed by atoms with Crippen LogP contribution in [0.5, 0.6) is 0 Å². The van der Waals surface area contributed by atoms with E-state index in [9.17, 15) is 14.4 Å². The first-order chi connectivity index (χ1) is 8.23. The highest BCUT2D eigenvalue weighted by Gasteiger charge is 2.22. The zero-order chi connectivity index (χ0) is 14.3. The van der Waals surface area contributed by atoms with Gasteiger partial charge in [-0.1, -0.05) is 13.8 Å². The Balaban J connectivity index is 4.64. The summed E-state index contributed by atoms with van der Waals surface area (Å²) in [7, 11) is 3.21. The summed E-state index contributed by atoms with van der Waals surface area (Å²) in [4.78, 5) is 34.9. The summed E-state index contributed by atoms with van der Waals surface area (Å²) in [5.74, 6) is -1.76. The second-order valence-corrected chi connectivity index (χ2v) is 4.59. The Kier molecular flexibility index (Phi) is 6.70. The maximum Gasteiger partial charge on any atom is 0.328 e. The fourth-order valence-electron chi connectivity index (χ4n) is 1.37. The number of hydrogen-bond acceptors (Lipinski definition) is 3. The number of rotatable bonds is 6. The predicted molar refractivity (Wildman–Crippen MR) is 66.9 cm³/mol. The van der Waals surface area contributed by atoms with Crippen molar-refractivity contribution in [2.45, 2.75) is 26.3 Å². The Morgan fingerprint density at radius 1 is 1.22 bits per heavy atom. The molecule has 1 unspecified atom stereocenters. The highest BCUT2D eigenvalue weighted by atomic mass is 16.4. The lowest BCUT2D eigenvalue weighted by molar-refractivity contribution is -0.133. The van der Waals surface area contributed by atoms with Gasteiger partial charge in [-0.3, -0.25) is 9.59 Å². The van der Waals surface area contributed by atoms with Gasteiger partial charge in [-0.25, -0.2) is 4.79 Å². The number of carbonyl (C=O) groups is 3. The van der Waals surface area contributed by atoms with Gasteiger partial charge in [-0.2, -0.15) is 0 Å². The van der Waals surface area contributed by atoms with Gasteiger partial charge in [0.15, 0.2) is 0 Å². The Labute approximate surface area is 107 Å². The summed E-state index contributed by atoms with van der Waals surface area (Å²) >= 11 is 0. The van der Waals surface area contributed by atoms with Crippen molar-refractivity contribution < 1.29 is 19.5 Å². The second kappa shape index (κ2) is 7.47. The van der Waals surface area contributed by atoms with Gasteiger partial charge in [0.05, 0.1) is 0 Å². The Hall–Kier alpha value is -1.85. The van der Waals surface area contributed by atoms with Crippen molar-refractivity contribution in [3.63, 3.8) is 0 Å². The van der Waals surface area contributed by atoms with Gasteiger partial charge in [0.2, 0.25) is 11.8 Å². The van der Waals surface area contributed by atoms with Crippen LogP contribution in [0.25, 0.3) is 0 Å². The third-order valence-electron chi connectivity index (χ3n) is 2.14. The van der Waals surface area contributed by atoms with E-state index in [0.717, 1.165) is 12.2 Å². The molecule has 0 aromatic heterocycles. The third kappa shape index (κ3) is 6.67. The first kappa shape index (κ1) is 16.1. The molecular weight excluding hydrogens is 236 g/mol. The lowest BCUT2D eigenvalue weighted by Gasteiger charge is -2.22. The second-order valence-electron chi connectivity index (χ2n) is 4.59. The third-order valence-corrected chi connectivity index (χ3v) is 2.14. The largest absolute Gasteiger partial charge is 0.478 e. The first-order valence-electron chi connectivity index (χ1n) is 5.66. The lowest BCUT2D eigenvalue weighted by atomic mass is 10.0. The summed E-state index contributed by atoms with van der Waals surface area (Å²) in [5, 5.41) is 10.9. The van der Waals surface area contributed by atoms with Crippen LogP contribution in [0.3, 0.4) is 0 Å². The topological polar surface area (TPSA) is 86.7 Å². The lowest BCUT2D eigenvalue weighted by Crippen LogP contribution is -2.46. The van der Waals surface area contributed by atoms with Crippen LogP contribution in [0.4, 0.5) is 0 Å². The van der Waals surface area contributed by atoms with Gasteiger partial charge >= 0.3 is 5.97 Å². The average molecular weight is 256 g/mol. The number of amides is 2. The average Bonchev–Trinajstić information content (AvgIpc) is 2.23. The molecule has 0 aliphatic carbocycles. The minimum absolute atomic E-state index is 0.208. The number of likely N-dealkylation sites (N-methyl/N-ethyl adjacent to an activating group) is 1. The Bertz CT molecular complexity index is 348. The van der Waals surface area contributed by atoms with Gasteiger partial charge in [-0.15, -0.1) is 0 Å². The van der Waals surface area contributed by atoms with Crippen molar-refractivity contribution in [1.82, 2.24) is 10.2 Å². The molecule has 6 nitrogen and oxygen atoms in total. The molecule has 0 radical (unpaired) electrons. The van der Waals surface area contributed by atoms with Crippen molar-refractivity contribution in [3.05, 3.63) is 12.2 Å². The monoisotopic (exact) mass is 256 g/mol. The van der Waals surface area contributed by atoms with E-state index in [1.165, 1.54) is 4.90 Å². The first-order valence-corrected chi connectivity index (χ1v) is 5.66. The van der Waals surface area contributed by atoms with Crippen molar-refractivity contribution in [1.29, 1.82) is 0 Å². The van der Waals surface area contributed by atoms with Gasteiger partial charge in [0.1, 0.15) is 6.04 Å². The van der Waals surface area contributed by atoms with Crippen molar-refractivity contribution in [3.8, 4) is 0 Å². The van der Waals surface area contributed by atoms with E-state index in [1.807, 2.05) is 13.8 Å². The number of hydrogen-bond donors (Lipinski definition) is 2.